The summed E-state index contributed by atoms with van der Waals surface area (Å²) in [5.41, 5.74) is 1.33. The highest BCUT2D eigenvalue weighted by Gasteiger charge is 2.32. The van der Waals surface area contributed by atoms with Gasteiger partial charge in [0.2, 0.25) is 5.95 Å². The summed E-state index contributed by atoms with van der Waals surface area (Å²) in [5.74, 6) is 0.305. The maximum absolute atomic E-state index is 12.0. The number of anilines is 1. The summed E-state index contributed by atoms with van der Waals surface area (Å²) >= 11 is 4.21. The van der Waals surface area contributed by atoms with E-state index in [1.807, 2.05) is 0 Å². The maximum Gasteiger partial charge on any atom is 0.293 e. The number of carbonyl (C=O) groups excluding carboxylic acids is 2. The van der Waals surface area contributed by atoms with E-state index in [4.69, 9.17) is 4.74 Å². The molecule has 0 radical (unpaired) electrons. The topological polar surface area (TPSA) is 105 Å². The maximum atomic E-state index is 12.0. The van der Waals surface area contributed by atoms with Crippen LogP contribution in [0.25, 0.3) is 6.08 Å². The lowest BCUT2D eigenvalue weighted by Crippen LogP contribution is -2.22. The standard InChI is InChI=1S/C17H15BrN4O4S/c1-19-16-20-6-9(7-21-16)8-26-13-3-10(11(18)5-12(13)23)4-14-15(24)22(2)17(25)27-14/h3-7,23H,8H2,1-2H3,(H,19,20,21)/b14-4-. The van der Waals surface area contributed by atoms with Crippen molar-refractivity contribution in [1.82, 2.24) is 14.9 Å². The third-order valence-electron chi connectivity index (χ3n) is 3.67. The van der Waals surface area contributed by atoms with Crippen LogP contribution in [-0.2, 0) is 11.4 Å². The van der Waals surface area contributed by atoms with Crippen LogP contribution in [0, 0.1) is 0 Å². The van der Waals surface area contributed by atoms with Crippen LogP contribution in [0.15, 0.2) is 33.9 Å². The molecule has 27 heavy (non-hydrogen) atoms. The number of benzene rings is 1. The smallest absolute Gasteiger partial charge is 0.293 e. The molecule has 0 bridgehead atoms. The van der Waals surface area contributed by atoms with Gasteiger partial charge in [-0.05, 0) is 35.5 Å². The van der Waals surface area contributed by atoms with Gasteiger partial charge in [0.1, 0.15) is 6.61 Å². The lowest BCUT2D eigenvalue weighted by Gasteiger charge is -2.11. The van der Waals surface area contributed by atoms with Gasteiger partial charge < -0.3 is 15.2 Å². The molecule has 0 spiro atoms. The molecule has 10 heteroatoms. The minimum Gasteiger partial charge on any atom is -0.504 e. The van der Waals surface area contributed by atoms with Crippen molar-refractivity contribution in [2.24, 2.45) is 0 Å². The first-order chi connectivity index (χ1) is 12.9. The van der Waals surface area contributed by atoms with E-state index >= 15 is 0 Å². The van der Waals surface area contributed by atoms with E-state index in [9.17, 15) is 14.7 Å². The van der Waals surface area contributed by atoms with Crippen molar-refractivity contribution in [1.29, 1.82) is 0 Å². The molecule has 0 aliphatic carbocycles. The lowest BCUT2D eigenvalue weighted by atomic mass is 10.2. The molecule has 1 aromatic carbocycles. The van der Waals surface area contributed by atoms with Crippen molar-refractivity contribution in [3.8, 4) is 11.5 Å². The Labute approximate surface area is 167 Å². The molecule has 2 heterocycles. The van der Waals surface area contributed by atoms with Gasteiger partial charge >= 0.3 is 0 Å². The molecule has 1 aliphatic heterocycles. The molecule has 1 aromatic heterocycles. The molecule has 1 fully saturated rings. The van der Waals surface area contributed by atoms with E-state index in [-0.39, 0.29) is 29.3 Å². The molecule has 0 atom stereocenters. The lowest BCUT2D eigenvalue weighted by molar-refractivity contribution is -0.121. The Kier molecular flexibility index (Phi) is 5.66. The minimum atomic E-state index is -0.366. The van der Waals surface area contributed by atoms with Gasteiger partial charge in [0.05, 0.1) is 4.91 Å². The highest BCUT2D eigenvalue weighted by atomic mass is 79.9. The zero-order chi connectivity index (χ0) is 19.6. The molecule has 8 nitrogen and oxygen atoms in total. The van der Waals surface area contributed by atoms with Crippen LogP contribution in [-0.4, -0.2) is 45.2 Å². The van der Waals surface area contributed by atoms with Crippen LogP contribution < -0.4 is 10.1 Å². The second kappa shape index (κ2) is 7.97. The Hall–Kier alpha value is -2.59. The number of ether oxygens (including phenoxy) is 1. The Morgan fingerprint density at radius 3 is 2.63 bits per heavy atom. The van der Waals surface area contributed by atoms with Crippen LogP contribution >= 0.6 is 27.7 Å². The zero-order valence-electron chi connectivity index (χ0n) is 14.4. The summed E-state index contributed by atoms with van der Waals surface area (Å²) in [6.07, 6.45) is 4.81. The molecule has 0 unspecified atom stereocenters. The molecular formula is C17H15BrN4O4S. The number of halogens is 1. The van der Waals surface area contributed by atoms with E-state index in [1.54, 1.807) is 31.6 Å². The molecule has 2 N–H and O–H groups in total. The number of carbonyl (C=O) groups is 2. The number of nitrogens with one attached hydrogen (secondary N) is 1. The summed E-state index contributed by atoms with van der Waals surface area (Å²) in [7, 11) is 3.15. The van der Waals surface area contributed by atoms with E-state index in [2.05, 4.69) is 31.2 Å². The van der Waals surface area contributed by atoms with Gasteiger partial charge in [0, 0.05) is 36.5 Å². The Bertz CT molecular complexity index is 933. The molecule has 0 saturated carbocycles. The Morgan fingerprint density at radius 2 is 2.04 bits per heavy atom. The monoisotopic (exact) mass is 450 g/mol. The summed E-state index contributed by atoms with van der Waals surface area (Å²) < 4.78 is 6.22. The summed E-state index contributed by atoms with van der Waals surface area (Å²) in [6, 6.07) is 3.06. The first-order valence-corrected chi connectivity index (χ1v) is 9.35. The van der Waals surface area contributed by atoms with Crippen molar-refractivity contribution >= 4 is 50.9 Å². The average molecular weight is 451 g/mol. The fraction of sp³-hybridized carbons (Fsp3) is 0.176. The van der Waals surface area contributed by atoms with Crippen molar-refractivity contribution in [3.05, 3.63) is 45.0 Å². The van der Waals surface area contributed by atoms with Crippen molar-refractivity contribution in [2.45, 2.75) is 6.61 Å². The second-order valence-electron chi connectivity index (χ2n) is 5.54. The normalized spacial score (nSPS) is 15.5. The third-order valence-corrected chi connectivity index (χ3v) is 5.32. The number of aromatic hydroxyl groups is 1. The molecule has 1 saturated heterocycles. The van der Waals surface area contributed by atoms with Crippen LogP contribution in [0.4, 0.5) is 10.7 Å². The number of phenolic OH excluding ortho intramolecular Hbond substituents is 1. The third kappa shape index (κ3) is 4.22. The molecular weight excluding hydrogens is 436 g/mol. The average Bonchev–Trinajstić information content (AvgIpc) is 2.90. The van der Waals surface area contributed by atoms with Crippen LogP contribution in [0.2, 0.25) is 0 Å². The number of aromatic nitrogens is 2. The minimum absolute atomic E-state index is 0.0598. The Morgan fingerprint density at radius 1 is 1.33 bits per heavy atom. The van der Waals surface area contributed by atoms with Crippen LogP contribution in [0.5, 0.6) is 11.5 Å². The largest absolute Gasteiger partial charge is 0.504 e. The highest BCUT2D eigenvalue weighted by molar-refractivity contribution is 9.10. The summed E-state index contributed by atoms with van der Waals surface area (Å²) in [6.45, 7) is 0.157. The van der Waals surface area contributed by atoms with E-state index < -0.39 is 0 Å². The van der Waals surface area contributed by atoms with E-state index in [1.165, 1.54) is 13.1 Å². The molecule has 1 aliphatic rings. The number of likely N-dealkylation sites (N-methyl/N-ethyl adjacent to an activating group) is 1. The predicted octanol–water partition coefficient (Wildman–Crippen LogP) is 3.23. The number of thioether (sulfide) groups is 1. The number of imide groups is 1. The number of hydrogen-bond acceptors (Lipinski definition) is 8. The van der Waals surface area contributed by atoms with Crippen molar-refractivity contribution in [3.63, 3.8) is 0 Å². The van der Waals surface area contributed by atoms with Gasteiger partial charge in [-0.1, -0.05) is 15.9 Å². The van der Waals surface area contributed by atoms with Gasteiger partial charge in [-0.2, -0.15) is 0 Å². The van der Waals surface area contributed by atoms with Crippen molar-refractivity contribution < 1.29 is 19.4 Å². The van der Waals surface area contributed by atoms with Gasteiger partial charge in [0.25, 0.3) is 11.1 Å². The van der Waals surface area contributed by atoms with Gasteiger partial charge in [-0.25, -0.2) is 9.97 Å². The Balaban J connectivity index is 1.81. The summed E-state index contributed by atoms with van der Waals surface area (Å²) in [5, 5.41) is 12.6. The SMILES string of the molecule is CNc1ncc(COc2cc(/C=C3\SC(=O)N(C)C3=O)c(Br)cc2O)cn1. The number of nitrogens with zero attached hydrogens (tertiary/aromatic N) is 3. The molecule has 2 aromatic rings. The van der Waals surface area contributed by atoms with Crippen LogP contribution in [0.1, 0.15) is 11.1 Å². The van der Waals surface area contributed by atoms with Gasteiger partial charge in [0.15, 0.2) is 11.5 Å². The van der Waals surface area contributed by atoms with Gasteiger partial charge in [-0.15, -0.1) is 0 Å². The number of amides is 2. The first kappa shape index (κ1) is 19.2. The van der Waals surface area contributed by atoms with E-state index in [0.29, 0.717) is 20.9 Å². The van der Waals surface area contributed by atoms with Crippen LogP contribution in [0.3, 0.4) is 0 Å². The molecule has 2 amide bonds. The predicted molar refractivity (Wildman–Crippen MR) is 105 cm³/mol. The molecule has 140 valence electrons. The quantitative estimate of drug-likeness (QED) is 0.668. The second-order valence-corrected chi connectivity index (χ2v) is 7.38. The number of phenols is 1. The zero-order valence-corrected chi connectivity index (χ0v) is 16.8. The summed E-state index contributed by atoms with van der Waals surface area (Å²) in [4.78, 5) is 33.2. The van der Waals surface area contributed by atoms with Crippen molar-refractivity contribution in [2.75, 3.05) is 19.4 Å². The molecule has 3 rings (SSSR count). The number of rotatable bonds is 5. The fourth-order valence-electron chi connectivity index (χ4n) is 2.19. The van der Waals surface area contributed by atoms with Gasteiger partial charge in [-0.3, -0.25) is 14.5 Å². The van der Waals surface area contributed by atoms with E-state index in [0.717, 1.165) is 22.2 Å². The number of hydrogen-bond donors (Lipinski definition) is 2. The fourth-order valence-corrected chi connectivity index (χ4v) is 3.46. The highest BCUT2D eigenvalue weighted by Crippen LogP contribution is 2.37. The first-order valence-electron chi connectivity index (χ1n) is 7.74.